The Morgan fingerprint density at radius 2 is 1.76 bits per heavy atom. The first kappa shape index (κ1) is 22.6. The average molecular weight is 468 g/mol. The first-order chi connectivity index (χ1) is 15.8. The summed E-state index contributed by atoms with van der Waals surface area (Å²) in [4.78, 5) is 27.3. The van der Waals surface area contributed by atoms with Gasteiger partial charge < -0.3 is 24.2 Å². The average Bonchev–Trinajstić information content (AvgIpc) is 3.06. The van der Waals surface area contributed by atoms with Gasteiger partial charge >= 0.3 is 5.97 Å². The van der Waals surface area contributed by atoms with Crippen LogP contribution in [-0.4, -0.2) is 38.3 Å². The largest absolute Gasteiger partial charge is 0.497 e. The lowest BCUT2D eigenvalue weighted by molar-refractivity contribution is -0.132. The van der Waals surface area contributed by atoms with E-state index in [1.807, 2.05) is 0 Å². The van der Waals surface area contributed by atoms with Gasteiger partial charge in [0.2, 0.25) is 0 Å². The number of amides is 1. The summed E-state index contributed by atoms with van der Waals surface area (Å²) in [5.74, 6) is -0.0342. The van der Waals surface area contributed by atoms with Crippen LogP contribution in [0.2, 0.25) is 5.02 Å². The normalized spacial score (nSPS) is 17.0. The molecular formula is C25H22ClNO6. The number of hydrogen-bond donors (Lipinski definition) is 1. The van der Waals surface area contributed by atoms with Gasteiger partial charge in [-0.2, -0.15) is 0 Å². The Labute approximate surface area is 196 Å². The molecule has 33 heavy (non-hydrogen) atoms. The van der Waals surface area contributed by atoms with Crippen LogP contribution in [-0.2, 0) is 21.7 Å². The Kier molecular flexibility index (Phi) is 6.01. The third-order valence-corrected chi connectivity index (χ3v) is 6.07. The maximum atomic E-state index is 13.8. The van der Waals surface area contributed by atoms with Crippen molar-refractivity contribution < 1.29 is 28.9 Å². The Morgan fingerprint density at radius 1 is 1.00 bits per heavy atom. The zero-order valence-electron chi connectivity index (χ0n) is 18.3. The monoisotopic (exact) mass is 467 g/mol. The molecule has 170 valence electrons. The smallest absolute Gasteiger partial charge is 0.337 e. The number of hydrogen-bond acceptors (Lipinski definition) is 6. The summed E-state index contributed by atoms with van der Waals surface area (Å²) in [6.07, 6.45) is 0. The zero-order valence-corrected chi connectivity index (χ0v) is 19.1. The van der Waals surface area contributed by atoms with E-state index in [2.05, 4.69) is 0 Å². The number of carbonyl (C=O) groups excluding carboxylic acids is 2. The van der Waals surface area contributed by atoms with Gasteiger partial charge in [-0.05, 0) is 36.4 Å². The van der Waals surface area contributed by atoms with Gasteiger partial charge in [0.15, 0.2) is 5.60 Å². The molecule has 3 aromatic rings. The van der Waals surface area contributed by atoms with Crippen LogP contribution in [0.25, 0.3) is 0 Å². The maximum absolute atomic E-state index is 13.8. The minimum atomic E-state index is -2.09. The lowest BCUT2D eigenvalue weighted by Crippen LogP contribution is -2.41. The van der Waals surface area contributed by atoms with E-state index < -0.39 is 17.5 Å². The van der Waals surface area contributed by atoms with Crippen LogP contribution in [0.4, 0.5) is 5.69 Å². The summed E-state index contributed by atoms with van der Waals surface area (Å²) in [5, 5.41) is 12.0. The molecule has 0 fully saturated rings. The van der Waals surface area contributed by atoms with Crippen molar-refractivity contribution in [3.05, 3.63) is 87.9 Å². The Hall–Kier alpha value is -3.55. The van der Waals surface area contributed by atoms with Gasteiger partial charge in [-0.3, -0.25) is 4.79 Å². The second kappa shape index (κ2) is 8.77. The predicted octanol–water partition coefficient (Wildman–Crippen LogP) is 3.93. The van der Waals surface area contributed by atoms with Crippen LogP contribution >= 0.6 is 11.6 Å². The van der Waals surface area contributed by atoms with Gasteiger partial charge in [-0.15, -0.1) is 0 Å². The molecule has 0 saturated heterocycles. The highest BCUT2D eigenvalue weighted by Crippen LogP contribution is 2.47. The molecule has 1 unspecified atom stereocenters. The van der Waals surface area contributed by atoms with Crippen molar-refractivity contribution >= 4 is 29.2 Å². The maximum Gasteiger partial charge on any atom is 0.337 e. The van der Waals surface area contributed by atoms with Crippen LogP contribution in [0.3, 0.4) is 0 Å². The lowest BCUT2D eigenvalue weighted by Gasteiger charge is -2.25. The molecule has 0 spiro atoms. The van der Waals surface area contributed by atoms with Gasteiger partial charge in [0.25, 0.3) is 5.91 Å². The quantitative estimate of drug-likeness (QED) is 0.553. The molecule has 7 nitrogen and oxygen atoms in total. The van der Waals surface area contributed by atoms with Crippen molar-refractivity contribution in [1.29, 1.82) is 0 Å². The molecule has 1 N–H and O–H groups in total. The summed E-state index contributed by atoms with van der Waals surface area (Å²) < 4.78 is 15.5. The van der Waals surface area contributed by atoms with E-state index in [0.29, 0.717) is 22.7 Å². The molecule has 0 radical (unpaired) electrons. The highest BCUT2D eigenvalue weighted by molar-refractivity contribution is 6.32. The third-order valence-electron chi connectivity index (χ3n) is 5.74. The van der Waals surface area contributed by atoms with Crippen molar-refractivity contribution in [2.75, 3.05) is 26.2 Å². The van der Waals surface area contributed by atoms with E-state index in [-0.39, 0.29) is 22.7 Å². The van der Waals surface area contributed by atoms with E-state index in [9.17, 15) is 14.7 Å². The topological polar surface area (TPSA) is 85.3 Å². The summed E-state index contributed by atoms with van der Waals surface area (Å²) >= 11 is 6.42. The SMILES string of the molecule is COC(=O)c1ccc(Cl)c(C2(O)C(=O)N(Cc3ccc(OC)cc3OC)c3ccccc32)c1. The van der Waals surface area contributed by atoms with Crippen LogP contribution < -0.4 is 14.4 Å². The molecule has 3 aromatic carbocycles. The van der Waals surface area contributed by atoms with Crippen molar-refractivity contribution in [3.63, 3.8) is 0 Å². The van der Waals surface area contributed by atoms with Gasteiger partial charge in [0.05, 0.1) is 39.1 Å². The highest BCUT2D eigenvalue weighted by atomic mass is 35.5. The number of methoxy groups -OCH3 is 3. The number of nitrogens with zero attached hydrogens (tertiary/aromatic N) is 1. The summed E-state index contributed by atoms with van der Waals surface area (Å²) in [7, 11) is 4.35. The fraction of sp³-hybridized carbons (Fsp3) is 0.200. The summed E-state index contributed by atoms with van der Waals surface area (Å²) in [6.45, 7) is 0.139. The van der Waals surface area contributed by atoms with Crippen LogP contribution in [0.1, 0.15) is 27.0 Å². The lowest BCUT2D eigenvalue weighted by atomic mass is 9.86. The highest BCUT2D eigenvalue weighted by Gasteiger charge is 2.52. The summed E-state index contributed by atoms with van der Waals surface area (Å²) in [6, 6.07) is 16.6. The minimum absolute atomic E-state index is 0.105. The molecular weight excluding hydrogens is 446 g/mol. The Balaban J connectivity index is 1.83. The summed E-state index contributed by atoms with van der Waals surface area (Å²) in [5.41, 5.74) is -0.189. The van der Waals surface area contributed by atoms with E-state index in [1.165, 1.54) is 37.3 Å². The number of fused-ring (bicyclic) bond motifs is 1. The van der Waals surface area contributed by atoms with E-state index >= 15 is 0 Å². The van der Waals surface area contributed by atoms with E-state index in [0.717, 1.165) is 5.56 Å². The van der Waals surface area contributed by atoms with Crippen LogP contribution in [0.5, 0.6) is 11.5 Å². The number of aliphatic hydroxyl groups is 1. The van der Waals surface area contributed by atoms with Gasteiger partial charge in [-0.25, -0.2) is 4.79 Å². The fourth-order valence-electron chi connectivity index (χ4n) is 4.05. The molecule has 0 bridgehead atoms. The van der Waals surface area contributed by atoms with Crippen molar-refractivity contribution in [1.82, 2.24) is 0 Å². The number of esters is 1. The van der Waals surface area contributed by atoms with Crippen LogP contribution in [0, 0.1) is 0 Å². The fourth-order valence-corrected chi connectivity index (χ4v) is 4.31. The molecule has 1 amide bonds. The molecule has 0 saturated carbocycles. The molecule has 0 aliphatic carbocycles. The van der Waals surface area contributed by atoms with Gasteiger partial charge in [-0.1, -0.05) is 29.8 Å². The van der Waals surface area contributed by atoms with E-state index in [1.54, 1.807) is 49.6 Å². The van der Waals surface area contributed by atoms with E-state index in [4.69, 9.17) is 25.8 Å². The number of benzene rings is 3. The zero-order chi connectivity index (χ0) is 23.8. The number of para-hydroxylation sites is 1. The molecule has 1 heterocycles. The molecule has 1 atom stereocenters. The second-order valence-corrected chi connectivity index (χ2v) is 7.89. The number of halogens is 1. The third kappa shape index (κ3) is 3.69. The second-order valence-electron chi connectivity index (χ2n) is 7.48. The number of anilines is 1. The molecule has 1 aliphatic heterocycles. The van der Waals surface area contributed by atoms with Crippen molar-refractivity contribution in [3.8, 4) is 11.5 Å². The van der Waals surface area contributed by atoms with Crippen molar-refractivity contribution in [2.24, 2.45) is 0 Å². The predicted molar refractivity (Wildman–Crippen MR) is 123 cm³/mol. The van der Waals surface area contributed by atoms with Crippen molar-refractivity contribution in [2.45, 2.75) is 12.1 Å². The first-order valence-corrected chi connectivity index (χ1v) is 10.5. The Morgan fingerprint density at radius 3 is 2.45 bits per heavy atom. The Bertz CT molecular complexity index is 1240. The van der Waals surface area contributed by atoms with Gasteiger partial charge in [0.1, 0.15) is 11.5 Å². The standard InChI is InChI=1S/C25H22ClNO6/c1-31-17-10-8-16(22(13-17)32-2)14-27-21-7-5-4-6-18(21)25(30,24(27)29)19-12-15(23(28)33-3)9-11-20(19)26/h4-13,30H,14H2,1-3H3. The number of carbonyl (C=O) groups is 2. The van der Waals surface area contributed by atoms with Gasteiger partial charge in [0, 0.05) is 27.8 Å². The molecule has 1 aliphatic rings. The number of rotatable bonds is 6. The first-order valence-electron chi connectivity index (χ1n) is 10.1. The van der Waals surface area contributed by atoms with Crippen LogP contribution in [0.15, 0.2) is 60.7 Å². The number of ether oxygens (including phenoxy) is 3. The minimum Gasteiger partial charge on any atom is -0.497 e. The molecule has 0 aromatic heterocycles. The molecule has 4 rings (SSSR count). The molecule has 8 heteroatoms.